The molecule has 0 spiro atoms. The summed E-state index contributed by atoms with van der Waals surface area (Å²) < 4.78 is 45.2. The Morgan fingerprint density at radius 3 is 2.62 bits per heavy atom. The van der Waals surface area contributed by atoms with Crippen LogP contribution in [0, 0.1) is 5.92 Å². The average molecular weight is 198 g/mol. The molecule has 0 unspecified atom stereocenters. The first-order chi connectivity index (χ1) is 5.96. The van der Waals surface area contributed by atoms with E-state index < -0.39 is 24.2 Å². The van der Waals surface area contributed by atoms with Crippen molar-refractivity contribution >= 4 is 5.97 Å². The Morgan fingerprint density at radius 1 is 1.54 bits per heavy atom. The predicted molar refractivity (Wildman–Crippen MR) is 35.9 cm³/mol. The van der Waals surface area contributed by atoms with Gasteiger partial charge in [-0.25, -0.2) is 0 Å². The van der Waals surface area contributed by atoms with Gasteiger partial charge in [-0.1, -0.05) is 0 Å². The number of halogens is 3. The maximum absolute atomic E-state index is 12.2. The lowest BCUT2D eigenvalue weighted by Gasteiger charge is -2.18. The van der Waals surface area contributed by atoms with Gasteiger partial charge in [0, 0.05) is 6.61 Å². The monoisotopic (exact) mass is 198 g/mol. The lowest BCUT2D eigenvalue weighted by Crippen LogP contribution is -2.37. The molecule has 0 saturated carbocycles. The number of carbonyl (C=O) groups excluding carboxylic acids is 1. The first-order valence-electron chi connectivity index (χ1n) is 3.73. The molecule has 1 rings (SSSR count). The smallest absolute Gasteiger partial charge is 0.415 e. The molecule has 0 bridgehead atoms. The SMILES string of the molecule is COC(=O)[C@@H]1CCO[C@H]1C(F)(F)F. The Morgan fingerprint density at radius 2 is 2.15 bits per heavy atom. The average Bonchev–Trinajstić information content (AvgIpc) is 2.49. The zero-order chi connectivity index (χ0) is 10.1. The molecular formula is C7H9F3O3. The Hall–Kier alpha value is -0.780. The van der Waals surface area contributed by atoms with Gasteiger partial charge in [-0.3, -0.25) is 4.79 Å². The molecule has 1 aliphatic heterocycles. The fourth-order valence-electron chi connectivity index (χ4n) is 1.30. The van der Waals surface area contributed by atoms with Crippen LogP contribution in [-0.2, 0) is 14.3 Å². The Kier molecular flexibility index (Phi) is 2.80. The summed E-state index contributed by atoms with van der Waals surface area (Å²) in [6.45, 7) is -0.0516. The van der Waals surface area contributed by atoms with Crippen molar-refractivity contribution in [3.05, 3.63) is 0 Å². The largest absolute Gasteiger partial charge is 0.469 e. The third-order valence-electron chi connectivity index (χ3n) is 1.92. The molecule has 1 fully saturated rings. The topological polar surface area (TPSA) is 35.5 Å². The first-order valence-corrected chi connectivity index (χ1v) is 3.73. The highest BCUT2D eigenvalue weighted by Crippen LogP contribution is 2.34. The molecule has 1 heterocycles. The molecule has 0 N–H and O–H groups in total. The van der Waals surface area contributed by atoms with Crippen molar-refractivity contribution in [3.8, 4) is 0 Å². The van der Waals surface area contributed by atoms with Crippen LogP contribution < -0.4 is 0 Å². The minimum Gasteiger partial charge on any atom is -0.469 e. The van der Waals surface area contributed by atoms with Crippen molar-refractivity contribution in [1.29, 1.82) is 0 Å². The van der Waals surface area contributed by atoms with Gasteiger partial charge in [0.15, 0.2) is 6.10 Å². The number of hydrogen-bond donors (Lipinski definition) is 0. The Balaban J connectivity index is 2.70. The fraction of sp³-hybridized carbons (Fsp3) is 0.857. The van der Waals surface area contributed by atoms with Crippen molar-refractivity contribution in [3.63, 3.8) is 0 Å². The number of methoxy groups -OCH3 is 1. The fourth-order valence-corrected chi connectivity index (χ4v) is 1.30. The van der Waals surface area contributed by atoms with Gasteiger partial charge >= 0.3 is 12.1 Å². The zero-order valence-corrected chi connectivity index (χ0v) is 6.93. The molecular weight excluding hydrogens is 189 g/mol. The van der Waals surface area contributed by atoms with E-state index >= 15 is 0 Å². The van der Waals surface area contributed by atoms with Gasteiger partial charge in [0.05, 0.1) is 13.0 Å². The van der Waals surface area contributed by atoms with Crippen LogP contribution in [-0.4, -0.2) is 32.0 Å². The van der Waals surface area contributed by atoms with E-state index in [1.54, 1.807) is 0 Å². The molecule has 1 aliphatic rings. The molecule has 1 saturated heterocycles. The highest BCUT2D eigenvalue weighted by molar-refractivity contribution is 5.73. The van der Waals surface area contributed by atoms with Gasteiger partial charge in [-0.15, -0.1) is 0 Å². The van der Waals surface area contributed by atoms with E-state index in [4.69, 9.17) is 0 Å². The molecule has 6 heteroatoms. The second-order valence-electron chi connectivity index (χ2n) is 2.75. The van der Waals surface area contributed by atoms with Gasteiger partial charge in [0.1, 0.15) is 0 Å². The highest BCUT2D eigenvalue weighted by Gasteiger charge is 2.51. The summed E-state index contributed by atoms with van der Waals surface area (Å²) in [6.07, 6.45) is -6.42. The first kappa shape index (κ1) is 10.3. The minimum atomic E-state index is -4.49. The number of hydrogen-bond acceptors (Lipinski definition) is 3. The Labute approximate surface area is 72.8 Å². The number of alkyl halides is 3. The third kappa shape index (κ3) is 2.12. The van der Waals surface area contributed by atoms with Gasteiger partial charge in [-0.05, 0) is 6.42 Å². The quantitative estimate of drug-likeness (QED) is 0.592. The van der Waals surface area contributed by atoms with Gasteiger partial charge in [0.25, 0.3) is 0 Å². The van der Waals surface area contributed by atoms with E-state index in [-0.39, 0.29) is 13.0 Å². The molecule has 2 atom stereocenters. The molecule has 76 valence electrons. The summed E-state index contributed by atoms with van der Waals surface area (Å²) >= 11 is 0. The number of ether oxygens (including phenoxy) is 2. The van der Waals surface area contributed by atoms with Crippen LogP contribution in [0.15, 0.2) is 0 Å². The van der Waals surface area contributed by atoms with Crippen molar-refractivity contribution in [1.82, 2.24) is 0 Å². The van der Waals surface area contributed by atoms with Crippen LogP contribution in [0.4, 0.5) is 13.2 Å². The van der Waals surface area contributed by atoms with Gasteiger partial charge in [0.2, 0.25) is 0 Å². The van der Waals surface area contributed by atoms with Crippen LogP contribution in [0.25, 0.3) is 0 Å². The Bertz CT molecular complexity index is 202. The van der Waals surface area contributed by atoms with Gasteiger partial charge < -0.3 is 9.47 Å². The molecule has 0 aromatic carbocycles. The summed E-state index contributed by atoms with van der Waals surface area (Å²) in [7, 11) is 1.06. The second-order valence-corrected chi connectivity index (χ2v) is 2.75. The van der Waals surface area contributed by atoms with Crippen LogP contribution in [0.3, 0.4) is 0 Å². The summed E-state index contributed by atoms with van der Waals surface area (Å²) in [5.41, 5.74) is 0. The minimum absolute atomic E-state index is 0.0516. The van der Waals surface area contributed by atoms with E-state index in [1.807, 2.05) is 0 Å². The summed E-state index contributed by atoms with van der Waals surface area (Å²) in [6, 6.07) is 0. The van der Waals surface area contributed by atoms with Crippen LogP contribution in [0.5, 0.6) is 0 Å². The van der Waals surface area contributed by atoms with Crippen molar-refractivity contribution in [2.45, 2.75) is 18.7 Å². The second kappa shape index (κ2) is 3.53. The zero-order valence-electron chi connectivity index (χ0n) is 6.93. The third-order valence-corrected chi connectivity index (χ3v) is 1.92. The number of carbonyl (C=O) groups is 1. The summed E-state index contributed by atoms with van der Waals surface area (Å²) in [5, 5.41) is 0. The highest BCUT2D eigenvalue weighted by atomic mass is 19.4. The standard InChI is InChI=1S/C7H9F3O3/c1-12-6(11)4-2-3-13-5(4)7(8,9)10/h4-5H,2-3H2,1H3/t4-,5-/m1/s1. The summed E-state index contributed by atoms with van der Waals surface area (Å²) in [5.74, 6) is -2.06. The molecule has 0 aromatic heterocycles. The van der Waals surface area contributed by atoms with E-state index in [1.165, 1.54) is 0 Å². The predicted octanol–water partition coefficient (Wildman–Crippen LogP) is 1.13. The molecule has 0 amide bonds. The number of rotatable bonds is 1. The van der Waals surface area contributed by atoms with Crippen molar-refractivity contribution in [2.24, 2.45) is 5.92 Å². The van der Waals surface area contributed by atoms with Crippen LogP contribution >= 0.6 is 0 Å². The van der Waals surface area contributed by atoms with E-state index in [9.17, 15) is 18.0 Å². The maximum atomic E-state index is 12.2. The van der Waals surface area contributed by atoms with Crippen molar-refractivity contribution < 1.29 is 27.4 Å². The van der Waals surface area contributed by atoms with E-state index in [0.29, 0.717) is 0 Å². The molecule has 0 aromatic rings. The number of esters is 1. The van der Waals surface area contributed by atoms with E-state index in [2.05, 4.69) is 9.47 Å². The van der Waals surface area contributed by atoms with E-state index in [0.717, 1.165) is 7.11 Å². The molecule has 0 aliphatic carbocycles. The van der Waals surface area contributed by atoms with Gasteiger partial charge in [-0.2, -0.15) is 13.2 Å². The molecule has 3 nitrogen and oxygen atoms in total. The maximum Gasteiger partial charge on any atom is 0.415 e. The normalized spacial score (nSPS) is 28.9. The molecule has 13 heavy (non-hydrogen) atoms. The lowest BCUT2D eigenvalue weighted by atomic mass is 10.0. The molecule has 0 radical (unpaired) electrons. The lowest BCUT2D eigenvalue weighted by molar-refractivity contribution is -0.219. The van der Waals surface area contributed by atoms with Crippen LogP contribution in [0.1, 0.15) is 6.42 Å². The summed E-state index contributed by atoms with van der Waals surface area (Å²) in [4.78, 5) is 10.9. The van der Waals surface area contributed by atoms with Crippen molar-refractivity contribution in [2.75, 3.05) is 13.7 Å². The van der Waals surface area contributed by atoms with Crippen LogP contribution in [0.2, 0.25) is 0 Å².